The third-order valence-electron chi connectivity index (χ3n) is 5.59. The molecule has 2 aromatic rings. The molecule has 0 spiro atoms. The zero-order valence-corrected chi connectivity index (χ0v) is 18.7. The second-order valence-electron chi connectivity index (χ2n) is 7.70. The molecule has 1 amide bonds. The summed E-state index contributed by atoms with van der Waals surface area (Å²) in [5.74, 6) is 0.607. The monoisotopic (exact) mass is 453 g/mol. The van der Waals surface area contributed by atoms with Gasteiger partial charge in [0.25, 0.3) is 0 Å². The number of aromatic amines is 1. The van der Waals surface area contributed by atoms with Gasteiger partial charge in [-0.2, -0.15) is 5.26 Å². The molecule has 3 heterocycles. The molecule has 3 N–H and O–H groups in total. The summed E-state index contributed by atoms with van der Waals surface area (Å²) in [6.45, 7) is 6.19. The van der Waals surface area contributed by atoms with Crippen LogP contribution in [0.4, 0.5) is 4.79 Å². The fourth-order valence-corrected chi connectivity index (χ4v) is 4.04. The molecular formula is C23H27N5O5. The Morgan fingerprint density at radius 3 is 2.82 bits per heavy atom. The summed E-state index contributed by atoms with van der Waals surface area (Å²) in [5.41, 5.74) is 8.77. The number of nitrogens with two attached hydrogens (primary N) is 1. The topological polar surface area (TPSA) is 136 Å². The summed E-state index contributed by atoms with van der Waals surface area (Å²) in [7, 11) is 0. The summed E-state index contributed by atoms with van der Waals surface area (Å²) in [5, 5.41) is 17.1. The molecular weight excluding hydrogens is 426 g/mol. The number of fused-ring (bicyclic) bond motifs is 1. The Morgan fingerprint density at radius 1 is 1.33 bits per heavy atom. The van der Waals surface area contributed by atoms with Crippen molar-refractivity contribution in [3.63, 3.8) is 0 Å². The molecule has 0 radical (unpaired) electrons. The Balaban J connectivity index is 1.71. The number of rotatable bonds is 6. The molecule has 0 aliphatic carbocycles. The minimum Gasteiger partial charge on any atom is -0.490 e. The first-order valence-corrected chi connectivity index (χ1v) is 11.0. The van der Waals surface area contributed by atoms with Gasteiger partial charge in [-0.05, 0) is 31.0 Å². The van der Waals surface area contributed by atoms with Crippen molar-refractivity contribution in [1.29, 1.82) is 5.26 Å². The lowest BCUT2D eigenvalue weighted by molar-refractivity contribution is 0.0413. The Bertz CT molecular complexity index is 1100. The minimum atomic E-state index is -0.484. The predicted octanol–water partition coefficient (Wildman–Crippen LogP) is 2.81. The van der Waals surface area contributed by atoms with E-state index in [-0.39, 0.29) is 5.88 Å². The van der Waals surface area contributed by atoms with Gasteiger partial charge >= 0.3 is 6.09 Å². The van der Waals surface area contributed by atoms with Gasteiger partial charge in [-0.25, -0.2) is 4.79 Å². The quantitative estimate of drug-likeness (QED) is 0.681. The van der Waals surface area contributed by atoms with E-state index in [0.29, 0.717) is 55.9 Å². The maximum atomic E-state index is 12.6. The van der Waals surface area contributed by atoms with Crippen molar-refractivity contribution in [3.8, 4) is 23.4 Å². The molecule has 174 valence electrons. The Labute approximate surface area is 191 Å². The molecule has 1 atom stereocenters. The van der Waals surface area contributed by atoms with E-state index in [4.69, 9.17) is 24.7 Å². The highest BCUT2D eigenvalue weighted by molar-refractivity contribution is 5.72. The van der Waals surface area contributed by atoms with Crippen LogP contribution in [-0.4, -0.2) is 54.1 Å². The van der Waals surface area contributed by atoms with Crippen LogP contribution >= 0.6 is 0 Å². The number of carbonyl (C=O) groups excluding carboxylic acids is 1. The second-order valence-corrected chi connectivity index (χ2v) is 7.70. The number of nitrogens with zero attached hydrogens (tertiary/aromatic N) is 3. The van der Waals surface area contributed by atoms with E-state index in [1.54, 1.807) is 23.1 Å². The molecule has 10 nitrogen and oxygen atoms in total. The van der Waals surface area contributed by atoms with Gasteiger partial charge in [0.15, 0.2) is 11.5 Å². The van der Waals surface area contributed by atoms with Crippen molar-refractivity contribution in [2.45, 2.75) is 32.6 Å². The summed E-state index contributed by atoms with van der Waals surface area (Å²) in [6, 6.07) is 7.45. The summed E-state index contributed by atoms with van der Waals surface area (Å²) in [4.78, 5) is 14.2. The molecule has 0 bridgehead atoms. The number of aryl methyl sites for hydroxylation is 1. The van der Waals surface area contributed by atoms with E-state index in [1.807, 2.05) is 6.92 Å². The Kier molecular flexibility index (Phi) is 6.70. The van der Waals surface area contributed by atoms with Gasteiger partial charge < -0.3 is 29.6 Å². The highest BCUT2D eigenvalue weighted by Gasteiger charge is 2.35. The zero-order chi connectivity index (χ0) is 23.4. The minimum absolute atomic E-state index is 0.0188. The van der Waals surface area contributed by atoms with E-state index in [2.05, 4.69) is 23.2 Å². The third kappa shape index (κ3) is 4.45. The molecule has 1 saturated heterocycles. The number of amides is 1. The van der Waals surface area contributed by atoms with E-state index in [9.17, 15) is 10.1 Å². The molecule has 1 unspecified atom stereocenters. The Morgan fingerprint density at radius 2 is 2.12 bits per heavy atom. The van der Waals surface area contributed by atoms with Crippen molar-refractivity contribution in [1.82, 2.24) is 15.1 Å². The van der Waals surface area contributed by atoms with Crippen LogP contribution < -0.4 is 19.9 Å². The maximum Gasteiger partial charge on any atom is 0.415 e. The number of aromatic nitrogens is 2. The number of carbonyl (C=O) groups is 1. The van der Waals surface area contributed by atoms with Crippen LogP contribution in [-0.2, 0) is 11.2 Å². The number of ether oxygens (including phenoxy) is 4. The average molecular weight is 453 g/mol. The van der Waals surface area contributed by atoms with Crippen LogP contribution in [0.3, 0.4) is 0 Å². The van der Waals surface area contributed by atoms with Crippen LogP contribution in [0.2, 0.25) is 0 Å². The van der Waals surface area contributed by atoms with Crippen molar-refractivity contribution in [2.75, 3.05) is 32.9 Å². The summed E-state index contributed by atoms with van der Waals surface area (Å²) < 4.78 is 22.3. The normalized spacial score (nSPS) is 17.7. The highest BCUT2D eigenvalue weighted by Crippen LogP contribution is 2.45. The number of hydrogen-bond donors (Lipinski definition) is 2. The van der Waals surface area contributed by atoms with Crippen LogP contribution in [0.15, 0.2) is 29.7 Å². The molecule has 1 aromatic carbocycles. The highest BCUT2D eigenvalue weighted by atomic mass is 16.6. The predicted molar refractivity (Wildman–Crippen MR) is 118 cm³/mol. The van der Waals surface area contributed by atoms with Crippen LogP contribution in [0.25, 0.3) is 0 Å². The first-order chi connectivity index (χ1) is 16.1. The lowest BCUT2D eigenvalue weighted by atomic mass is 9.83. The molecule has 2 aliphatic rings. The maximum absolute atomic E-state index is 12.6. The van der Waals surface area contributed by atoms with Gasteiger partial charge in [0, 0.05) is 24.3 Å². The number of benzene rings is 1. The fraction of sp³-hybridized carbons (Fsp3) is 0.435. The number of hydrogen-bond acceptors (Lipinski definition) is 8. The number of H-pyrrole nitrogens is 1. The number of nitriles is 1. The van der Waals surface area contributed by atoms with Crippen molar-refractivity contribution < 1.29 is 23.7 Å². The van der Waals surface area contributed by atoms with E-state index in [1.165, 1.54) is 0 Å². The largest absolute Gasteiger partial charge is 0.490 e. The second kappa shape index (κ2) is 9.83. The van der Waals surface area contributed by atoms with E-state index < -0.39 is 12.0 Å². The summed E-state index contributed by atoms with van der Waals surface area (Å²) >= 11 is 0. The van der Waals surface area contributed by atoms with Gasteiger partial charge in [0.1, 0.15) is 11.6 Å². The van der Waals surface area contributed by atoms with Crippen LogP contribution in [0.1, 0.15) is 43.0 Å². The molecule has 0 saturated carbocycles. The first kappa shape index (κ1) is 22.5. The van der Waals surface area contributed by atoms with Crippen molar-refractivity contribution in [2.24, 2.45) is 5.73 Å². The standard InChI is InChI=1S/C23H27N5O5/c1-3-5-16-20-19(15(13-24)21(25)33-22(20)27-26-16)14-6-7-17(18(12-14)31-4-2)32-23(29)28-8-10-30-11-9-28/h6-7,12,19H,3-5,8-11,25H2,1-2H3,(H,26,27). The smallest absolute Gasteiger partial charge is 0.415 e. The molecule has 4 rings (SSSR count). The van der Waals surface area contributed by atoms with Gasteiger partial charge in [0.05, 0.1) is 25.7 Å². The van der Waals surface area contributed by atoms with Gasteiger partial charge in [-0.15, -0.1) is 5.10 Å². The number of nitrogens with one attached hydrogen (secondary N) is 1. The van der Waals surface area contributed by atoms with Crippen molar-refractivity contribution in [3.05, 3.63) is 46.5 Å². The van der Waals surface area contributed by atoms with Crippen molar-refractivity contribution >= 4 is 6.09 Å². The third-order valence-corrected chi connectivity index (χ3v) is 5.59. The molecule has 2 aliphatic heterocycles. The van der Waals surface area contributed by atoms with Gasteiger partial charge in [-0.1, -0.05) is 19.4 Å². The van der Waals surface area contributed by atoms with Crippen LogP contribution in [0.5, 0.6) is 17.4 Å². The molecule has 10 heteroatoms. The molecule has 33 heavy (non-hydrogen) atoms. The SMILES string of the molecule is CCCc1[nH]nc2c1C(c1ccc(OC(=O)N3CCOCC3)c(OCC)c1)C(C#N)=C(N)O2. The van der Waals surface area contributed by atoms with Gasteiger partial charge in [0.2, 0.25) is 11.8 Å². The van der Waals surface area contributed by atoms with Gasteiger partial charge in [-0.3, -0.25) is 5.10 Å². The van der Waals surface area contributed by atoms with E-state index in [0.717, 1.165) is 29.7 Å². The molecule has 1 fully saturated rings. The lowest BCUT2D eigenvalue weighted by Gasteiger charge is -2.27. The molecule has 1 aromatic heterocycles. The lowest BCUT2D eigenvalue weighted by Crippen LogP contribution is -2.42. The Hall–Kier alpha value is -3.71. The number of morpholine rings is 1. The number of allylic oxidation sites excluding steroid dienone is 1. The summed E-state index contributed by atoms with van der Waals surface area (Å²) in [6.07, 6.45) is 1.18. The van der Waals surface area contributed by atoms with E-state index >= 15 is 0 Å². The fourth-order valence-electron chi connectivity index (χ4n) is 4.04. The van der Waals surface area contributed by atoms with Crippen LogP contribution in [0, 0.1) is 11.3 Å². The first-order valence-electron chi connectivity index (χ1n) is 11.0. The zero-order valence-electron chi connectivity index (χ0n) is 18.7. The average Bonchev–Trinajstić information content (AvgIpc) is 3.22.